The van der Waals surface area contributed by atoms with E-state index >= 15 is 0 Å². The fourth-order valence-electron chi connectivity index (χ4n) is 2.30. The van der Waals surface area contributed by atoms with E-state index in [0.717, 1.165) is 31.1 Å². The van der Waals surface area contributed by atoms with E-state index in [1.54, 1.807) is 17.5 Å². The Kier molecular flexibility index (Phi) is 5.94. The quantitative estimate of drug-likeness (QED) is 0.860. The lowest BCUT2D eigenvalue weighted by molar-refractivity contribution is -0.126. The van der Waals surface area contributed by atoms with Crippen LogP contribution in [0, 0.1) is 0 Å². The molecule has 1 aliphatic rings. The number of aromatic nitrogens is 1. The predicted molar refractivity (Wildman–Crippen MR) is 79.9 cm³/mol. The molecule has 2 heterocycles. The Balaban J connectivity index is 1.66. The Hall–Kier alpha value is -0.980. The van der Waals surface area contributed by atoms with Crippen molar-refractivity contribution in [3.63, 3.8) is 0 Å². The maximum Gasteiger partial charge on any atom is 0.222 e. The van der Waals surface area contributed by atoms with Gasteiger partial charge in [0, 0.05) is 43.7 Å². The average molecular weight is 297 g/mol. The molecule has 112 valence electrons. The van der Waals surface area contributed by atoms with Gasteiger partial charge in [0.25, 0.3) is 0 Å². The van der Waals surface area contributed by atoms with Gasteiger partial charge in [0.1, 0.15) is 0 Å². The lowest BCUT2D eigenvalue weighted by Crippen LogP contribution is -2.47. The van der Waals surface area contributed by atoms with Crippen molar-refractivity contribution in [3.05, 3.63) is 16.6 Å². The maximum absolute atomic E-state index is 11.9. The van der Waals surface area contributed by atoms with Gasteiger partial charge in [-0.3, -0.25) is 9.69 Å². The molecule has 0 saturated carbocycles. The average Bonchev–Trinajstić information content (AvgIpc) is 2.92. The van der Waals surface area contributed by atoms with Crippen LogP contribution in [0.2, 0.25) is 0 Å². The molecule has 0 radical (unpaired) electrons. The van der Waals surface area contributed by atoms with Crippen LogP contribution in [-0.4, -0.2) is 54.2 Å². The fourth-order valence-corrected chi connectivity index (χ4v) is 2.92. The number of nitrogens with one attached hydrogen (secondary N) is 1. The van der Waals surface area contributed by atoms with E-state index in [-0.39, 0.29) is 12.0 Å². The summed E-state index contributed by atoms with van der Waals surface area (Å²) in [5.74, 6) is 0.0668. The van der Waals surface area contributed by atoms with Gasteiger partial charge in [0.2, 0.25) is 5.91 Å². The Labute approximate surface area is 124 Å². The molecule has 1 atom stereocenters. The molecule has 1 aliphatic heterocycles. The topological polar surface area (TPSA) is 54.5 Å². The van der Waals surface area contributed by atoms with Gasteiger partial charge in [0.15, 0.2) is 0 Å². The molecule has 1 N–H and O–H groups in total. The van der Waals surface area contributed by atoms with Crippen molar-refractivity contribution < 1.29 is 9.53 Å². The number of nitrogens with zero attached hydrogens (tertiary/aromatic N) is 2. The minimum Gasteiger partial charge on any atom is -0.375 e. The summed E-state index contributed by atoms with van der Waals surface area (Å²) < 4.78 is 5.67. The van der Waals surface area contributed by atoms with Gasteiger partial charge in [-0.25, -0.2) is 4.98 Å². The number of rotatable bonds is 6. The van der Waals surface area contributed by atoms with Crippen molar-refractivity contribution in [1.82, 2.24) is 15.2 Å². The highest BCUT2D eigenvalue weighted by atomic mass is 32.1. The van der Waals surface area contributed by atoms with Crippen LogP contribution in [0.15, 0.2) is 11.6 Å². The summed E-state index contributed by atoms with van der Waals surface area (Å²) >= 11 is 1.62. The zero-order chi connectivity index (χ0) is 14.4. The molecule has 0 aliphatic carbocycles. The Morgan fingerprint density at radius 2 is 2.50 bits per heavy atom. The van der Waals surface area contributed by atoms with E-state index in [0.29, 0.717) is 19.0 Å². The largest absolute Gasteiger partial charge is 0.375 e. The molecule has 0 bridgehead atoms. The third-order valence-corrected chi connectivity index (χ3v) is 4.30. The fraction of sp³-hybridized carbons (Fsp3) is 0.714. The number of thiazole rings is 1. The van der Waals surface area contributed by atoms with Crippen molar-refractivity contribution >= 4 is 17.2 Å². The molecule has 20 heavy (non-hydrogen) atoms. The van der Waals surface area contributed by atoms with Crippen LogP contribution < -0.4 is 5.32 Å². The normalized spacial score (nSPS) is 20.2. The number of carbonyl (C=O) groups is 1. The van der Waals surface area contributed by atoms with E-state index in [9.17, 15) is 4.79 Å². The summed E-state index contributed by atoms with van der Waals surface area (Å²) in [7, 11) is 0. The molecule has 1 unspecified atom stereocenters. The molecule has 1 aromatic heterocycles. The van der Waals surface area contributed by atoms with Gasteiger partial charge < -0.3 is 10.1 Å². The van der Waals surface area contributed by atoms with Gasteiger partial charge >= 0.3 is 0 Å². The van der Waals surface area contributed by atoms with Crippen LogP contribution in [0.3, 0.4) is 0 Å². The molecular formula is C14H23N3O2S. The summed E-state index contributed by atoms with van der Waals surface area (Å²) in [5.41, 5.74) is 0. The molecule has 2 rings (SSSR count). The third-order valence-electron chi connectivity index (χ3n) is 3.46. The first-order chi connectivity index (χ1) is 9.65. The maximum atomic E-state index is 11.9. The first kappa shape index (κ1) is 15.4. The number of hydrogen-bond acceptors (Lipinski definition) is 5. The zero-order valence-corrected chi connectivity index (χ0v) is 13.0. The van der Waals surface area contributed by atoms with Crippen LogP contribution in [0.25, 0.3) is 0 Å². The number of ether oxygens (including phenoxy) is 1. The molecule has 1 saturated heterocycles. The first-order valence-electron chi connectivity index (χ1n) is 7.16. The minimum atomic E-state index is 0.0195. The minimum absolute atomic E-state index is 0.0195. The number of hydrogen-bond donors (Lipinski definition) is 1. The molecule has 0 spiro atoms. The Bertz CT molecular complexity index is 409. The Morgan fingerprint density at radius 1 is 1.65 bits per heavy atom. The first-order valence-corrected chi connectivity index (χ1v) is 8.04. The summed E-state index contributed by atoms with van der Waals surface area (Å²) in [5, 5.41) is 5.95. The van der Waals surface area contributed by atoms with Gasteiger partial charge in [-0.15, -0.1) is 11.3 Å². The van der Waals surface area contributed by atoms with Crippen molar-refractivity contribution in [1.29, 1.82) is 0 Å². The highest BCUT2D eigenvalue weighted by molar-refractivity contribution is 7.09. The summed E-state index contributed by atoms with van der Waals surface area (Å²) in [4.78, 5) is 18.4. The molecular weight excluding hydrogens is 274 g/mol. The predicted octanol–water partition coefficient (Wildman–Crippen LogP) is 1.30. The number of amides is 1. The van der Waals surface area contributed by atoms with Crippen molar-refractivity contribution in [2.24, 2.45) is 0 Å². The molecule has 1 amide bonds. The van der Waals surface area contributed by atoms with Crippen molar-refractivity contribution in [2.75, 3.05) is 26.2 Å². The number of carbonyl (C=O) groups excluding carboxylic acids is 1. The molecule has 1 aromatic rings. The molecule has 1 fully saturated rings. The third kappa shape index (κ3) is 4.85. The van der Waals surface area contributed by atoms with Crippen LogP contribution in [0.1, 0.15) is 25.3 Å². The van der Waals surface area contributed by atoms with Crippen molar-refractivity contribution in [3.8, 4) is 0 Å². The van der Waals surface area contributed by atoms with E-state index < -0.39 is 0 Å². The second kappa shape index (κ2) is 7.71. The van der Waals surface area contributed by atoms with E-state index in [2.05, 4.69) is 29.0 Å². The monoisotopic (exact) mass is 297 g/mol. The molecule has 5 nitrogen and oxygen atoms in total. The van der Waals surface area contributed by atoms with Crippen LogP contribution in [0.5, 0.6) is 0 Å². The zero-order valence-electron chi connectivity index (χ0n) is 12.2. The smallest absolute Gasteiger partial charge is 0.222 e. The SMILES string of the molecule is CC(C)N1CCOC(CC(=O)NCCc2nccs2)C1. The van der Waals surface area contributed by atoms with E-state index in [1.807, 2.05) is 5.38 Å². The highest BCUT2D eigenvalue weighted by Gasteiger charge is 2.24. The second-order valence-electron chi connectivity index (χ2n) is 5.31. The van der Waals surface area contributed by atoms with Gasteiger partial charge in [0.05, 0.1) is 24.1 Å². The number of morpholine rings is 1. The molecule has 0 aromatic carbocycles. The highest BCUT2D eigenvalue weighted by Crippen LogP contribution is 2.11. The van der Waals surface area contributed by atoms with Crippen LogP contribution in [0.4, 0.5) is 0 Å². The summed E-state index contributed by atoms with van der Waals surface area (Å²) in [6.07, 6.45) is 3.05. The van der Waals surface area contributed by atoms with Crippen molar-refractivity contribution in [2.45, 2.75) is 38.8 Å². The molecule has 6 heteroatoms. The van der Waals surface area contributed by atoms with Gasteiger partial charge in [-0.1, -0.05) is 0 Å². The van der Waals surface area contributed by atoms with Gasteiger partial charge in [-0.05, 0) is 13.8 Å². The van der Waals surface area contributed by atoms with Crippen LogP contribution in [-0.2, 0) is 16.0 Å². The Morgan fingerprint density at radius 3 is 3.20 bits per heavy atom. The standard InChI is InChI=1S/C14H23N3O2S/c1-11(2)17-6-7-19-12(10-17)9-13(18)15-4-3-14-16-5-8-20-14/h5,8,11-12H,3-4,6-7,9-10H2,1-2H3,(H,15,18). The summed E-state index contributed by atoms with van der Waals surface area (Å²) in [6.45, 7) is 7.52. The summed E-state index contributed by atoms with van der Waals surface area (Å²) in [6, 6.07) is 0.509. The van der Waals surface area contributed by atoms with Crippen LogP contribution >= 0.6 is 11.3 Å². The van der Waals surface area contributed by atoms with Gasteiger partial charge in [-0.2, -0.15) is 0 Å². The van der Waals surface area contributed by atoms with E-state index in [1.165, 1.54) is 0 Å². The second-order valence-corrected chi connectivity index (χ2v) is 6.29. The van der Waals surface area contributed by atoms with E-state index in [4.69, 9.17) is 4.74 Å². The lowest BCUT2D eigenvalue weighted by atomic mass is 10.1. The lowest BCUT2D eigenvalue weighted by Gasteiger charge is -2.35.